The lowest BCUT2D eigenvalue weighted by atomic mass is 9.99. The van der Waals surface area contributed by atoms with Crippen LogP contribution in [0.2, 0.25) is 0 Å². The molecule has 0 bridgehead atoms. The van der Waals surface area contributed by atoms with Crippen LogP contribution in [0.1, 0.15) is 13.8 Å². The molecule has 1 N–H and O–H groups in total. The number of anilines is 1. The Labute approximate surface area is 85.1 Å². The Kier molecular flexibility index (Phi) is 2.42. The number of piperazine rings is 1. The second-order valence-corrected chi connectivity index (χ2v) is 4.35. The van der Waals surface area contributed by atoms with Crippen molar-refractivity contribution in [3.05, 3.63) is 24.5 Å². The van der Waals surface area contributed by atoms with Gasteiger partial charge in [-0.15, -0.1) is 0 Å². The summed E-state index contributed by atoms with van der Waals surface area (Å²) in [5, 5.41) is 3.42. The molecule has 1 aliphatic rings. The first-order valence-electron chi connectivity index (χ1n) is 5.08. The van der Waals surface area contributed by atoms with Gasteiger partial charge in [0, 0.05) is 43.3 Å². The molecule has 1 aromatic heterocycles. The van der Waals surface area contributed by atoms with E-state index in [1.54, 1.807) is 0 Å². The summed E-state index contributed by atoms with van der Waals surface area (Å²) in [5.41, 5.74) is 1.46. The van der Waals surface area contributed by atoms with Crippen LogP contribution in [0.5, 0.6) is 0 Å². The maximum atomic E-state index is 4.05. The molecule has 0 atom stereocenters. The van der Waals surface area contributed by atoms with Gasteiger partial charge in [0.25, 0.3) is 0 Å². The maximum Gasteiger partial charge on any atom is 0.0470 e. The second-order valence-electron chi connectivity index (χ2n) is 4.35. The Bertz CT molecular complexity index is 295. The number of nitrogens with zero attached hydrogens (tertiary/aromatic N) is 2. The Morgan fingerprint density at radius 1 is 1.36 bits per heavy atom. The predicted octanol–water partition coefficient (Wildman–Crippen LogP) is 1.27. The Balaban J connectivity index is 2.24. The minimum atomic E-state index is 0.194. The topological polar surface area (TPSA) is 28.2 Å². The largest absolute Gasteiger partial charge is 0.364 e. The summed E-state index contributed by atoms with van der Waals surface area (Å²) in [6.45, 7) is 7.69. The number of rotatable bonds is 1. The third-order valence-corrected chi connectivity index (χ3v) is 2.77. The van der Waals surface area contributed by atoms with Gasteiger partial charge in [-0.25, -0.2) is 0 Å². The molecule has 0 aliphatic carbocycles. The molecule has 1 fully saturated rings. The van der Waals surface area contributed by atoms with E-state index in [4.69, 9.17) is 0 Å². The van der Waals surface area contributed by atoms with Gasteiger partial charge in [-0.1, -0.05) is 0 Å². The fraction of sp³-hybridized carbons (Fsp3) is 0.545. The maximum absolute atomic E-state index is 4.05. The Hall–Kier alpha value is -1.09. The summed E-state index contributed by atoms with van der Waals surface area (Å²) < 4.78 is 0. The average Bonchev–Trinajstić information content (AvgIpc) is 2.18. The van der Waals surface area contributed by atoms with Gasteiger partial charge in [-0.3, -0.25) is 4.98 Å². The van der Waals surface area contributed by atoms with Crippen LogP contribution in [-0.4, -0.2) is 30.2 Å². The van der Waals surface area contributed by atoms with E-state index in [1.807, 2.05) is 12.4 Å². The van der Waals surface area contributed by atoms with Crippen LogP contribution in [0.25, 0.3) is 0 Å². The van der Waals surface area contributed by atoms with Crippen molar-refractivity contribution in [1.29, 1.82) is 0 Å². The zero-order valence-electron chi connectivity index (χ0n) is 8.83. The van der Waals surface area contributed by atoms with Crippen LogP contribution in [-0.2, 0) is 0 Å². The van der Waals surface area contributed by atoms with E-state index < -0.39 is 0 Å². The third kappa shape index (κ3) is 1.73. The molecule has 1 aromatic rings. The molecule has 3 heteroatoms. The minimum absolute atomic E-state index is 0.194. The fourth-order valence-electron chi connectivity index (χ4n) is 1.99. The first-order chi connectivity index (χ1) is 6.70. The van der Waals surface area contributed by atoms with E-state index in [0.29, 0.717) is 0 Å². The molecule has 1 aliphatic heterocycles. The summed E-state index contributed by atoms with van der Waals surface area (Å²) in [6.07, 6.45) is 3.71. The number of pyridine rings is 1. The van der Waals surface area contributed by atoms with Gasteiger partial charge in [-0.05, 0) is 26.0 Å². The van der Waals surface area contributed by atoms with Crippen molar-refractivity contribution in [2.75, 3.05) is 24.5 Å². The molecular formula is C11H17N3. The van der Waals surface area contributed by atoms with Crippen molar-refractivity contribution in [3.8, 4) is 0 Å². The van der Waals surface area contributed by atoms with E-state index in [2.05, 4.69) is 41.2 Å². The van der Waals surface area contributed by atoms with Crippen LogP contribution >= 0.6 is 0 Å². The van der Waals surface area contributed by atoms with Crippen molar-refractivity contribution in [2.45, 2.75) is 19.4 Å². The van der Waals surface area contributed by atoms with Crippen molar-refractivity contribution in [3.63, 3.8) is 0 Å². The van der Waals surface area contributed by atoms with Gasteiger partial charge in [0.1, 0.15) is 0 Å². The molecule has 0 spiro atoms. The molecule has 0 amide bonds. The minimum Gasteiger partial charge on any atom is -0.364 e. The highest BCUT2D eigenvalue weighted by atomic mass is 15.3. The second kappa shape index (κ2) is 3.58. The molecule has 76 valence electrons. The van der Waals surface area contributed by atoms with Crippen LogP contribution in [0.3, 0.4) is 0 Å². The number of hydrogen-bond donors (Lipinski definition) is 1. The summed E-state index contributed by atoms with van der Waals surface area (Å²) in [5.74, 6) is 0. The van der Waals surface area contributed by atoms with Crippen LogP contribution in [0, 0.1) is 0 Å². The van der Waals surface area contributed by atoms with E-state index in [9.17, 15) is 0 Å². The average molecular weight is 191 g/mol. The lowest BCUT2D eigenvalue weighted by molar-refractivity contribution is 0.380. The van der Waals surface area contributed by atoms with E-state index in [0.717, 1.165) is 19.6 Å². The Morgan fingerprint density at radius 2 is 2.07 bits per heavy atom. The summed E-state index contributed by atoms with van der Waals surface area (Å²) in [4.78, 5) is 6.48. The SMILES string of the molecule is CC1(C)CNCCN1c1ccncc1. The van der Waals surface area contributed by atoms with Crippen molar-refractivity contribution in [2.24, 2.45) is 0 Å². The highest BCUT2D eigenvalue weighted by molar-refractivity contribution is 5.48. The van der Waals surface area contributed by atoms with Crippen LogP contribution in [0.15, 0.2) is 24.5 Å². The standard InChI is InChI=1S/C11H17N3/c1-11(2)9-13-7-8-14(11)10-3-5-12-6-4-10/h3-6,13H,7-9H2,1-2H3. The molecule has 0 aromatic carbocycles. The molecular weight excluding hydrogens is 174 g/mol. The van der Waals surface area contributed by atoms with Gasteiger partial charge in [0.15, 0.2) is 0 Å². The van der Waals surface area contributed by atoms with Crippen molar-refractivity contribution < 1.29 is 0 Å². The highest BCUT2D eigenvalue weighted by Crippen LogP contribution is 2.24. The smallest absolute Gasteiger partial charge is 0.0470 e. The van der Waals surface area contributed by atoms with Crippen molar-refractivity contribution >= 4 is 5.69 Å². The van der Waals surface area contributed by atoms with Crippen LogP contribution < -0.4 is 10.2 Å². The quantitative estimate of drug-likeness (QED) is 0.724. The first-order valence-corrected chi connectivity index (χ1v) is 5.08. The zero-order chi connectivity index (χ0) is 10.0. The molecule has 0 radical (unpaired) electrons. The molecule has 3 nitrogen and oxygen atoms in total. The monoisotopic (exact) mass is 191 g/mol. The van der Waals surface area contributed by atoms with E-state index >= 15 is 0 Å². The predicted molar refractivity (Wildman–Crippen MR) is 58.5 cm³/mol. The molecule has 2 heterocycles. The lowest BCUT2D eigenvalue weighted by Gasteiger charge is -2.44. The third-order valence-electron chi connectivity index (χ3n) is 2.77. The van der Waals surface area contributed by atoms with Crippen LogP contribution in [0.4, 0.5) is 5.69 Å². The molecule has 0 saturated carbocycles. The number of nitrogens with one attached hydrogen (secondary N) is 1. The van der Waals surface area contributed by atoms with Gasteiger partial charge in [-0.2, -0.15) is 0 Å². The zero-order valence-corrected chi connectivity index (χ0v) is 8.83. The summed E-state index contributed by atoms with van der Waals surface area (Å²) in [7, 11) is 0. The van der Waals surface area contributed by atoms with Crippen molar-refractivity contribution in [1.82, 2.24) is 10.3 Å². The summed E-state index contributed by atoms with van der Waals surface area (Å²) in [6, 6.07) is 4.15. The first kappa shape index (κ1) is 9.46. The number of hydrogen-bond acceptors (Lipinski definition) is 3. The van der Waals surface area contributed by atoms with Gasteiger partial charge < -0.3 is 10.2 Å². The van der Waals surface area contributed by atoms with Gasteiger partial charge in [0.05, 0.1) is 0 Å². The van der Waals surface area contributed by atoms with E-state index in [1.165, 1.54) is 5.69 Å². The normalized spacial score (nSPS) is 20.9. The molecule has 2 rings (SSSR count). The van der Waals surface area contributed by atoms with Gasteiger partial charge >= 0.3 is 0 Å². The highest BCUT2D eigenvalue weighted by Gasteiger charge is 2.29. The fourth-order valence-corrected chi connectivity index (χ4v) is 1.99. The van der Waals surface area contributed by atoms with E-state index in [-0.39, 0.29) is 5.54 Å². The molecule has 1 saturated heterocycles. The van der Waals surface area contributed by atoms with Gasteiger partial charge in [0.2, 0.25) is 0 Å². The number of aromatic nitrogens is 1. The Morgan fingerprint density at radius 3 is 2.71 bits per heavy atom. The lowest BCUT2D eigenvalue weighted by Crippen LogP contribution is -2.58. The molecule has 14 heavy (non-hydrogen) atoms. The molecule has 0 unspecified atom stereocenters. The summed E-state index contributed by atoms with van der Waals surface area (Å²) >= 11 is 0.